The molecule has 0 amide bonds. The fourth-order valence-corrected chi connectivity index (χ4v) is 4.83. The number of hydrogen-bond donors (Lipinski definition) is 1. The molecule has 3 aliphatic rings. The summed E-state index contributed by atoms with van der Waals surface area (Å²) in [7, 11) is 0. The molecule has 4 atom stereocenters. The van der Waals surface area contributed by atoms with Crippen LogP contribution in [0.3, 0.4) is 0 Å². The van der Waals surface area contributed by atoms with Crippen molar-refractivity contribution in [2.24, 2.45) is 23.7 Å². The molecule has 0 radical (unpaired) electrons. The standard InChI is InChI=1S/C12H17N3S/c1-2-15-11(13-14-12(15)16)10-8-6-3-4-7(5-6)9(8)10/h6-10H,2-5H2,1H3,(H,14,16). The van der Waals surface area contributed by atoms with Gasteiger partial charge in [-0.15, -0.1) is 0 Å². The van der Waals surface area contributed by atoms with Crippen LogP contribution in [0.1, 0.15) is 37.9 Å². The largest absolute Gasteiger partial charge is 0.304 e. The number of nitrogens with one attached hydrogen (secondary N) is 1. The van der Waals surface area contributed by atoms with E-state index in [2.05, 4.69) is 21.7 Å². The minimum atomic E-state index is 0.735. The minimum Gasteiger partial charge on any atom is -0.304 e. The molecule has 0 saturated heterocycles. The highest BCUT2D eigenvalue weighted by molar-refractivity contribution is 7.71. The molecule has 1 aromatic rings. The summed E-state index contributed by atoms with van der Waals surface area (Å²) in [6, 6.07) is 0. The highest BCUT2D eigenvalue weighted by Gasteiger charge is 2.66. The normalized spacial score (nSPS) is 43.7. The zero-order valence-corrected chi connectivity index (χ0v) is 10.3. The maximum absolute atomic E-state index is 5.27. The first-order valence-electron chi connectivity index (χ1n) is 6.46. The third-order valence-corrected chi connectivity index (χ3v) is 5.45. The number of aromatic amines is 1. The third-order valence-electron chi connectivity index (χ3n) is 5.14. The highest BCUT2D eigenvalue weighted by Crippen LogP contribution is 2.72. The molecular formula is C12H17N3S. The third kappa shape index (κ3) is 0.992. The van der Waals surface area contributed by atoms with Crippen LogP contribution in [0.2, 0.25) is 0 Å². The predicted octanol–water partition coefficient (Wildman–Crippen LogP) is 2.72. The van der Waals surface area contributed by atoms with E-state index >= 15 is 0 Å². The molecule has 1 aromatic heterocycles. The van der Waals surface area contributed by atoms with Gasteiger partial charge in [0.1, 0.15) is 5.82 Å². The Morgan fingerprint density at radius 3 is 2.69 bits per heavy atom. The Kier molecular flexibility index (Phi) is 1.75. The van der Waals surface area contributed by atoms with Crippen molar-refractivity contribution in [3.63, 3.8) is 0 Å². The summed E-state index contributed by atoms with van der Waals surface area (Å²) in [5.41, 5.74) is 0. The van der Waals surface area contributed by atoms with Crippen LogP contribution in [0.4, 0.5) is 0 Å². The van der Waals surface area contributed by atoms with Gasteiger partial charge in [-0.25, -0.2) is 0 Å². The van der Waals surface area contributed by atoms with E-state index in [9.17, 15) is 0 Å². The van der Waals surface area contributed by atoms with Crippen molar-refractivity contribution < 1.29 is 0 Å². The van der Waals surface area contributed by atoms with E-state index in [0.29, 0.717) is 0 Å². The van der Waals surface area contributed by atoms with Crippen molar-refractivity contribution in [3.05, 3.63) is 10.6 Å². The average Bonchev–Trinajstić information content (AvgIpc) is 2.67. The van der Waals surface area contributed by atoms with E-state index in [4.69, 9.17) is 12.2 Å². The minimum absolute atomic E-state index is 0.735. The van der Waals surface area contributed by atoms with Crippen LogP contribution in [-0.4, -0.2) is 14.8 Å². The molecule has 4 rings (SSSR count). The van der Waals surface area contributed by atoms with E-state index in [1.165, 1.54) is 25.1 Å². The van der Waals surface area contributed by atoms with Gasteiger partial charge < -0.3 is 4.57 Å². The highest BCUT2D eigenvalue weighted by atomic mass is 32.1. The number of aromatic nitrogens is 3. The van der Waals surface area contributed by atoms with Crippen molar-refractivity contribution in [3.8, 4) is 0 Å². The summed E-state index contributed by atoms with van der Waals surface area (Å²) in [4.78, 5) is 0. The SMILES string of the molecule is CCn1c(C2C3C4CCC(C4)C23)n[nH]c1=S. The van der Waals surface area contributed by atoms with Gasteiger partial charge in [0, 0.05) is 12.5 Å². The van der Waals surface area contributed by atoms with Crippen LogP contribution >= 0.6 is 12.2 Å². The Morgan fingerprint density at radius 2 is 2.06 bits per heavy atom. The van der Waals surface area contributed by atoms with Gasteiger partial charge in [0.05, 0.1) is 0 Å². The second kappa shape index (κ2) is 2.97. The van der Waals surface area contributed by atoms with Crippen LogP contribution in [-0.2, 0) is 6.54 Å². The lowest BCUT2D eigenvalue weighted by molar-refractivity contribution is 0.456. The number of fused-ring (bicyclic) bond motifs is 5. The number of rotatable bonds is 2. The first kappa shape index (κ1) is 9.40. The first-order chi connectivity index (χ1) is 7.81. The quantitative estimate of drug-likeness (QED) is 0.800. The van der Waals surface area contributed by atoms with Gasteiger partial charge in [0.15, 0.2) is 4.77 Å². The average molecular weight is 235 g/mol. The zero-order chi connectivity index (χ0) is 10.9. The smallest absolute Gasteiger partial charge is 0.195 e. The maximum Gasteiger partial charge on any atom is 0.195 e. The van der Waals surface area contributed by atoms with E-state index in [0.717, 1.165) is 40.9 Å². The number of hydrogen-bond acceptors (Lipinski definition) is 2. The fourth-order valence-electron chi connectivity index (χ4n) is 4.56. The second-order valence-corrected chi connectivity index (χ2v) is 6.03. The summed E-state index contributed by atoms with van der Waals surface area (Å²) in [6.45, 7) is 3.11. The maximum atomic E-state index is 5.27. The molecule has 3 saturated carbocycles. The molecule has 3 aliphatic carbocycles. The van der Waals surface area contributed by atoms with E-state index in [1.54, 1.807) is 0 Å². The van der Waals surface area contributed by atoms with Crippen molar-refractivity contribution >= 4 is 12.2 Å². The summed E-state index contributed by atoms with van der Waals surface area (Å²) >= 11 is 5.27. The van der Waals surface area contributed by atoms with Crippen LogP contribution in [0.25, 0.3) is 0 Å². The van der Waals surface area contributed by atoms with E-state index in [1.807, 2.05) is 0 Å². The Hall–Kier alpha value is -0.640. The van der Waals surface area contributed by atoms with Gasteiger partial charge in [-0.2, -0.15) is 5.10 Å². The molecule has 0 spiro atoms. The molecule has 4 unspecified atom stereocenters. The Bertz CT molecular complexity index is 473. The summed E-state index contributed by atoms with van der Waals surface area (Å²) in [6.07, 6.45) is 4.45. The lowest BCUT2D eigenvalue weighted by Crippen LogP contribution is -2.05. The summed E-state index contributed by atoms with van der Waals surface area (Å²) < 4.78 is 2.99. The van der Waals surface area contributed by atoms with Gasteiger partial charge in [0.2, 0.25) is 0 Å². The molecule has 2 bridgehead atoms. The number of H-pyrrole nitrogens is 1. The Labute approximate surface area is 100 Å². The Balaban J connectivity index is 1.71. The van der Waals surface area contributed by atoms with Crippen molar-refractivity contribution in [2.45, 2.75) is 38.6 Å². The molecular weight excluding hydrogens is 218 g/mol. The number of nitrogens with zero attached hydrogens (tertiary/aromatic N) is 2. The second-order valence-electron chi connectivity index (χ2n) is 5.64. The fraction of sp³-hybridized carbons (Fsp3) is 0.833. The lowest BCUT2D eigenvalue weighted by atomic mass is 10.0. The van der Waals surface area contributed by atoms with Crippen molar-refractivity contribution in [1.29, 1.82) is 0 Å². The van der Waals surface area contributed by atoms with Crippen LogP contribution in [0.5, 0.6) is 0 Å². The summed E-state index contributed by atoms with van der Waals surface area (Å²) in [5, 5.41) is 7.44. The molecule has 4 heteroatoms. The molecule has 1 N–H and O–H groups in total. The zero-order valence-electron chi connectivity index (χ0n) is 9.52. The first-order valence-corrected chi connectivity index (χ1v) is 6.87. The van der Waals surface area contributed by atoms with Gasteiger partial charge in [-0.1, -0.05) is 0 Å². The van der Waals surface area contributed by atoms with E-state index in [-0.39, 0.29) is 0 Å². The molecule has 0 aliphatic heterocycles. The van der Waals surface area contributed by atoms with Gasteiger partial charge in [-0.05, 0) is 62.1 Å². The Morgan fingerprint density at radius 1 is 1.38 bits per heavy atom. The van der Waals surface area contributed by atoms with Gasteiger partial charge >= 0.3 is 0 Å². The topological polar surface area (TPSA) is 33.6 Å². The molecule has 3 fully saturated rings. The van der Waals surface area contributed by atoms with Crippen molar-refractivity contribution in [1.82, 2.24) is 14.8 Å². The summed E-state index contributed by atoms with van der Waals surface area (Å²) in [5.74, 6) is 5.91. The molecule has 86 valence electrons. The van der Waals surface area contributed by atoms with Crippen molar-refractivity contribution in [2.75, 3.05) is 0 Å². The molecule has 16 heavy (non-hydrogen) atoms. The van der Waals surface area contributed by atoms with Crippen LogP contribution in [0, 0.1) is 28.4 Å². The van der Waals surface area contributed by atoms with Gasteiger partial charge in [-0.3, -0.25) is 5.10 Å². The molecule has 1 heterocycles. The van der Waals surface area contributed by atoms with E-state index < -0.39 is 0 Å². The van der Waals surface area contributed by atoms with Crippen LogP contribution < -0.4 is 0 Å². The van der Waals surface area contributed by atoms with Crippen LogP contribution in [0.15, 0.2) is 0 Å². The molecule has 3 nitrogen and oxygen atoms in total. The monoisotopic (exact) mass is 235 g/mol. The van der Waals surface area contributed by atoms with Gasteiger partial charge in [0.25, 0.3) is 0 Å². The lowest BCUT2D eigenvalue weighted by Gasteiger charge is -2.08. The molecule has 0 aromatic carbocycles. The predicted molar refractivity (Wildman–Crippen MR) is 63.6 cm³/mol.